The number of amides is 2. The van der Waals surface area contributed by atoms with Crippen LogP contribution in [0.2, 0.25) is 18.1 Å². The Morgan fingerprint density at radius 2 is 1.82 bits per heavy atom. The molecule has 13 heteroatoms. The van der Waals surface area contributed by atoms with Crippen molar-refractivity contribution in [2.75, 3.05) is 18.4 Å². The number of anilines is 1. The van der Waals surface area contributed by atoms with Crippen LogP contribution in [0.3, 0.4) is 0 Å². The van der Waals surface area contributed by atoms with Gasteiger partial charge in [-0.1, -0.05) is 51.1 Å². The SMILES string of the molecule is CC(C)(C)[Si](C)(C)ON1C=Nc2cc(C(=O)N3CCCC3)sc2[C@@H]1Oc1ccc(NC(=S)NC(=O)Cc2ccccc2)cc1F. The van der Waals surface area contributed by atoms with Gasteiger partial charge in [-0.25, -0.2) is 14.4 Å². The molecule has 0 aliphatic carbocycles. The fourth-order valence-corrected chi connectivity index (χ4v) is 6.90. The van der Waals surface area contributed by atoms with Crippen molar-refractivity contribution in [1.29, 1.82) is 0 Å². The molecular formula is C32H38FN5O4S2Si. The second kappa shape index (κ2) is 13.4. The summed E-state index contributed by atoms with van der Waals surface area (Å²) in [6.45, 7) is 12.0. The summed E-state index contributed by atoms with van der Waals surface area (Å²) in [5, 5.41) is 6.96. The number of aliphatic imine (C=N–C) groups is 1. The van der Waals surface area contributed by atoms with Crippen molar-refractivity contribution < 1.29 is 23.2 Å². The van der Waals surface area contributed by atoms with Gasteiger partial charge in [-0.05, 0) is 67.0 Å². The number of carbonyl (C=O) groups excluding carboxylic acids is 2. The van der Waals surface area contributed by atoms with E-state index < -0.39 is 20.4 Å². The van der Waals surface area contributed by atoms with Crippen LogP contribution in [0.4, 0.5) is 15.8 Å². The molecule has 45 heavy (non-hydrogen) atoms. The second-order valence-electron chi connectivity index (χ2n) is 12.6. The molecule has 0 radical (unpaired) electrons. The van der Waals surface area contributed by atoms with Crippen LogP contribution in [0.5, 0.6) is 5.75 Å². The summed E-state index contributed by atoms with van der Waals surface area (Å²) in [6, 6.07) is 15.4. The Labute approximate surface area is 273 Å². The molecule has 2 N–H and O–H groups in total. The molecule has 0 spiro atoms. The third-order valence-electron chi connectivity index (χ3n) is 8.14. The largest absolute Gasteiger partial charge is 0.460 e. The zero-order chi connectivity index (χ0) is 32.4. The fraction of sp³-hybridized carbons (Fsp3) is 0.375. The number of ether oxygens (including phenoxy) is 1. The van der Waals surface area contributed by atoms with Gasteiger partial charge in [-0.3, -0.25) is 9.59 Å². The Morgan fingerprint density at radius 1 is 1.11 bits per heavy atom. The molecule has 0 unspecified atom stereocenters. The van der Waals surface area contributed by atoms with Gasteiger partial charge in [0.1, 0.15) is 6.34 Å². The number of thiocarbonyl (C=S) groups is 1. The number of carbonyl (C=O) groups is 2. The van der Waals surface area contributed by atoms with Gasteiger partial charge in [0.05, 0.1) is 21.9 Å². The number of hydrogen-bond donors (Lipinski definition) is 2. The molecule has 2 aliphatic heterocycles. The van der Waals surface area contributed by atoms with Crippen LogP contribution in [0.25, 0.3) is 0 Å². The average molecular weight is 668 g/mol. The standard InChI is InChI=1S/C32H38FN5O4S2Si/c1-32(2,3)45(4,5)42-38-20-34-24-19-26(29(40)37-15-9-10-16-37)44-28(24)30(38)41-25-14-13-22(18-23(25)33)35-31(43)36-27(39)17-21-11-7-6-8-12-21/h6-8,11-14,18-20,30H,9-10,15-17H2,1-5H3,(H2,35,36,39,43)/t30-/m0/s1. The van der Waals surface area contributed by atoms with E-state index in [0.29, 0.717) is 21.1 Å². The minimum atomic E-state index is -2.36. The Balaban J connectivity index is 1.34. The Bertz CT molecular complexity index is 1600. The van der Waals surface area contributed by atoms with Crippen LogP contribution in [0, 0.1) is 5.82 Å². The highest BCUT2D eigenvalue weighted by Gasteiger charge is 2.43. The van der Waals surface area contributed by atoms with E-state index >= 15 is 4.39 Å². The molecule has 2 aliphatic rings. The van der Waals surface area contributed by atoms with Gasteiger partial charge in [-0.15, -0.1) is 11.3 Å². The molecule has 3 aromatic rings. The summed E-state index contributed by atoms with van der Waals surface area (Å²) < 4.78 is 28.4. The first-order chi connectivity index (χ1) is 21.3. The second-order valence-corrected chi connectivity index (χ2v) is 18.8. The molecule has 1 atom stereocenters. The lowest BCUT2D eigenvalue weighted by atomic mass is 10.1. The van der Waals surface area contributed by atoms with Crippen molar-refractivity contribution >= 4 is 66.5 Å². The van der Waals surface area contributed by atoms with E-state index in [-0.39, 0.29) is 34.1 Å². The summed E-state index contributed by atoms with van der Waals surface area (Å²) in [4.78, 5) is 33.2. The normalized spacial score (nSPS) is 16.4. The number of benzene rings is 2. The molecule has 2 aromatic carbocycles. The molecular weight excluding hydrogens is 630 g/mol. The molecule has 1 fully saturated rings. The van der Waals surface area contributed by atoms with E-state index in [1.807, 2.05) is 35.2 Å². The van der Waals surface area contributed by atoms with E-state index in [2.05, 4.69) is 49.5 Å². The van der Waals surface area contributed by atoms with Gasteiger partial charge < -0.3 is 24.8 Å². The number of halogens is 1. The number of nitrogens with one attached hydrogen (secondary N) is 2. The number of hydroxylamine groups is 2. The van der Waals surface area contributed by atoms with Gasteiger partial charge in [0.2, 0.25) is 20.5 Å². The van der Waals surface area contributed by atoms with E-state index in [0.717, 1.165) is 31.5 Å². The van der Waals surface area contributed by atoms with Gasteiger partial charge in [0, 0.05) is 24.8 Å². The van der Waals surface area contributed by atoms with Crippen LogP contribution in [0.1, 0.15) is 60.0 Å². The average Bonchev–Trinajstić information content (AvgIpc) is 3.66. The topological polar surface area (TPSA) is 95.5 Å². The van der Waals surface area contributed by atoms with Crippen LogP contribution >= 0.6 is 23.6 Å². The predicted molar refractivity (Wildman–Crippen MR) is 182 cm³/mol. The third kappa shape index (κ3) is 7.78. The molecule has 9 nitrogen and oxygen atoms in total. The van der Waals surface area contributed by atoms with Gasteiger partial charge in [0.25, 0.3) is 5.91 Å². The summed E-state index contributed by atoms with van der Waals surface area (Å²) in [6.07, 6.45) is 2.82. The monoisotopic (exact) mass is 667 g/mol. The van der Waals surface area contributed by atoms with Crippen molar-refractivity contribution in [2.45, 2.75) is 64.4 Å². The number of nitrogens with zero attached hydrogens (tertiary/aromatic N) is 3. The highest BCUT2D eigenvalue weighted by Crippen LogP contribution is 2.45. The number of likely N-dealkylation sites (tertiary alicyclic amines) is 1. The maximum atomic E-state index is 15.5. The van der Waals surface area contributed by atoms with E-state index in [1.165, 1.54) is 23.5 Å². The first-order valence-corrected chi connectivity index (χ1v) is 19.0. The summed E-state index contributed by atoms with van der Waals surface area (Å²) in [5.74, 6) is -0.976. The first-order valence-electron chi connectivity index (χ1n) is 14.9. The van der Waals surface area contributed by atoms with Crippen molar-refractivity contribution in [3.05, 3.63) is 75.7 Å². The maximum Gasteiger partial charge on any atom is 0.264 e. The van der Waals surface area contributed by atoms with E-state index in [4.69, 9.17) is 21.5 Å². The van der Waals surface area contributed by atoms with Crippen molar-refractivity contribution in [3.63, 3.8) is 0 Å². The number of hydrogen-bond acceptors (Lipinski definition) is 8. The Morgan fingerprint density at radius 3 is 2.49 bits per heavy atom. The minimum absolute atomic E-state index is 0.0181. The van der Waals surface area contributed by atoms with Crippen molar-refractivity contribution in [2.24, 2.45) is 4.99 Å². The Hall–Kier alpha value is -3.65. The van der Waals surface area contributed by atoms with Gasteiger partial charge in [0.15, 0.2) is 16.7 Å². The lowest BCUT2D eigenvalue weighted by Gasteiger charge is -2.42. The zero-order valence-corrected chi connectivity index (χ0v) is 28.7. The smallest absolute Gasteiger partial charge is 0.264 e. The lowest BCUT2D eigenvalue weighted by molar-refractivity contribution is -0.119. The van der Waals surface area contributed by atoms with Crippen LogP contribution in [0.15, 0.2) is 59.6 Å². The molecule has 3 heterocycles. The summed E-state index contributed by atoms with van der Waals surface area (Å²) in [5.41, 5.74) is 1.80. The van der Waals surface area contributed by atoms with Crippen LogP contribution < -0.4 is 15.4 Å². The number of rotatable bonds is 8. The molecule has 2 amide bonds. The molecule has 238 valence electrons. The number of thiophene rings is 1. The first kappa shape index (κ1) is 32.7. The molecule has 0 saturated carbocycles. The molecule has 1 aromatic heterocycles. The highest BCUT2D eigenvalue weighted by molar-refractivity contribution is 7.80. The Kier molecular flexibility index (Phi) is 9.73. The van der Waals surface area contributed by atoms with Gasteiger partial charge >= 0.3 is 0 Å². The quantitative estimate of drug-likeness (QED) is 0.194. The minimum Gasteiger partial charge on any atom is -0.460 e. The highest BCUT2D eigenvalue weighted by atomic mass is 32.1. The summed E-state index contributed by atoms with van der Waals surface area (Å²) in [7, 11) is -2.36. The van der Waals surface area contributed by atoms with Crippen molar-refractivity contribution in [3.8, 4) is 5.75 Å². The van der Waals surface area contributed by atoms with E-state index in [1.54, 1.807) is 23.5 Å². The fourth-order valence-electron chi connectivity index (χ4n) is 4.64. The van der Waals surface area contributed by atoms with Crippen LogP contribution in [-0.2, 0) is 15.7 Å². The van der Waals surface area contributed by atoms with Gasteiger partial charge in [-0.2, -0.15) is 0 Å². The molecule has 5 rings (SSSR count). The van der Waals surface area contributed by atoms with E-state index in [9.17, 15) is 9.59 Å². The lowest BCUT2D eigenvalue weighted by Crippen LogP contribution is -2.48. The molecule has 1 saturated heterocycles. The molecule has 0 bridgehead atoms. The predicted octanol–water partition coefficient (Wildman–Crippen LogP) is 7.17. The van der Waals surface area contributed by atoms with Crippen molar-refractivity contribution in [1.82, 2.24) is 15.3 Å². The number of fused-ring (bicyclic) bond motifs is 1. The maximum absolute atomic E-state index is 15.5. The summed E-state index contributed by atoms with van der Waals surface area (Å²) >= 11 is 6.57. The third-order valence-corrected chi connectivity index (χ3v) is 13.8. The zero-order valence-electron chi connectivity index (χ0n) is 26.1. The van der Waals surface area contributed by atoms with Crippen LogP contribution in [-0.4, -0.2) is 54.6 Å².